The Morgan fingerprint density at radius 2 is 1.89 bits per heavy atom. The van der Waals surface area contributed by atoms with E-state index in [2.05, 4.69) is 10.3 Å². The lowest BCUT2D eigenvalue weighted by atomic mass is 9.94. The average Bonchev–Trinajstić information content (AvgIpc) is 2.65. The van der Waals surface area contributed by atoms with Gasteiger partial charge in [-0.1, -0.05) is 39.0 Å². The molecule has 0 aliphatic rings. The first-order valence-corrected chi connectivity index (χ1v) is 9.27. The Balaban J connectivity index is 2.17. The Hall–Kier alpha value is -3.21. The number of nitrogens with zero attached hydrogens (tertiary/aromatic N) is 1. The quantitative estimate of drug-likeness (QED) is 0.397. The second kappa shape index (κ2) is 7.80. The Morgan fingerprint density at radius 3 is 2.61 bits per heavy atom. The van der Waals surface area contributed by atoms with Crippen molar-refractivity contribution in [1.29, 1.82) is 0 Å². The fraction of sp³-hybridized carbons (Fsp3) is 0.261. The molecule has 0 radical (unpaired) electrons. The van der Waals surface area contributed by atoms with Gasteiger partial charge in [0, 0.05) is 28.5 Å². The van der Waals surface area contributed by atoms with Crippen LogP contribution in [0.15, 0.2) is 48.7 Å². The van der Waals surface area contributed by atoms with Crippen LogP contribution in [0.1, 0.15) is 33.3 Å². The lowest BCUT2D eigenvalue weighted by Gasteiger charge is -2.19. The molecule has 0 fully saturated rings. The van der Waals surface area contributed by atoms with Crippen LogP contribution in [0.3, 0.4) is 0 Å². The van der Waals surface area contributed by atoms with E-state index in [-0.39, 0.29) is 5.91 Å². The summed E-state index contributed by atoms with van der Waals surface area (Å²) >= 11 is 0. The van der Waals surface area contributed by atoms with Crippen LogP contribution < -0.4 is 5.32 Å². The molecule has 0 bridgehead atoms. The standard InChI is InChI=1S/C23H24N2O3/c1-5-28-19(26)11-8-15-13-17-10-9-16-7-6-12-24-21(16)20(17)18(14-15)25-22(27)23(2,3)4/h6-14H,5H2,1-4H3,(H,25,27)/b11-8-. The van der Waals surface area contributed by atoms with Gasteiger partial charge in [-0.2, -0.15) is 0 Å². The monoisotopic (exact) mass is 376 g/mol. The minimum Gasteiger partial charge on any atom is -0.463 e. The molecule has 5 nitrogen and oxygen atoms in total. The molecule has 2 aromatic carbocycles. The van der Waals surface area contributed by atoms with Crippen molar-refractivity contribution < 1.29 is 14.3 Å². The number of fused-ring (bicyclic) bond motifs is 3. The van der Waals surface area contributed by atoms with Gasteiger partial charge in [0.05, 0.1) is 17.8 Å². The number of carbonyl (C=O) groups is 2. The van der Waals surface area contributed by atoms with E-state index < -0.39 is 11.4 Å². The van der Waals surface area contributed by atoms with Crippen LogP contribution in [0.2, 0.25) is 0 Å². The van der Waals surface area contributed by atoms with E-state index in [0.29, 0.717) is 12.3 Å². The zero-order chi connectivity index (χ0) is 20.3. The molecule has 1 heterocycles. The SMILES string of the molecule is CCOC(=O)/C=C\c1cc(NC(=O)C(C)(C)C)c2c(ccc3cccnc32)c1. The fourth-order valence-electron chi connectivity index (χ4n) is 2.88. The first-order valence-electron chi connectivity index (χ1n) is 9.27. The Morgan fingerprint density at radius 1 is 1.14 bits per heavy atom. The van der Waals surface area contributed by atoms with Crippen LogP contribution >= 0.6 is 0 Å². The highest BCUT2D eigenvalue weighted by Crippen LogP contribution is 2.33. The summed E-state index contributed by atoms with van der Waals surface area (Å²) in [4.78, 5) is 28.8. The van der Waals surface area contributed by atoms with Gasteiger partial charge in [-0.25, -0.2) is 4.79 Å². The zero-order valence-electron chi connectivity index (χ0n) is 16.6. The third-order valence-corrected chi connectivity index (χ3v) is 4.34. The van der Waals surface area contributed by atoms with E-state index >= 15 is 0 Å². The predicted molar refractivity (Wildman–Crippen MR) is 113 cm³/mol. The lowest BCUT2D eigenvalue weighted by Crippen LogP contribution is -2.27. The number of hydrogen-bond acceptors (Lipinski definition) is 4. The number of aromatic nitrogens is 1. The summed E-state index contributed by atoms with van der Waals surface area (Å²) in [7, 11) is 0. The molecule has 1 N–H and O–H groups in total. The topological polar surface area (TPSA) is 68.3 Å². The fourth-order valence-corrected chi connectivity index (χ4v) is 2.88. The maximum absolute atomic E-state index is 12.7. The summed E-state index contributed by atoms with van der Waals surface area (Å²) in [5, 5.41) is 5.85. The maximum Gasteiger partial charge on any atom is 0.330 e. The second-order valence-corrected chi connectivity index (χ2v) is 7.60. The van der Waals surface area contributed by atoms with Gasteiger partial charge in [0.15, 0.2) is 0 Å². The predicted octanol–water partition coefficient (Wildman–Crippen LogP) is 4.95. The second-order valence-electron chi connectivity index (χ2n) is 7.60. The molecule has 5 heteroatoms. The Labute approximate surface area is 164 Å². The van der Waals surface area contributed by atoms with Crippen molar-refractivity contribution in [1.82, 2.24) is 4.98 Å². The summed E-state index contributed by atoms with van der Waals surface area (Å²) in [6, 6.07) is 11.7. The smallest absolute Gasteiger partial charge is 0.330 e. The molecular formula is C23H24N2O3. The highest BCUT2D eigenvalue weighted by atomic mass is 16.5. The molecule has 0 aliphatic carbocycles. The number of pyridine rings is 1. The third kappa shape index (κ3) is 4.19. The van der Waals surface area contributed by atoms with Gasteiger partial charge in [0.25, 0.3) is 0 Å². The van der Waals surface area contributed by atoms with Crippen LogP contribution in [-0.4, -0.2) is 23.5 Å². The molecule has 0 spiro atoms. The molecule has 3 rings (SSSR count). The summed E-state index contributed by atoms with van der Waals surface area (Å²) in [6.45, 7) is 7.69. The Bertz CT molecular complexity index is 1080. The van der Waals surface area contributed by atoms with E-state index in [9.17, 15) is 9.59 Å². The highest BCUT2D eigenvalue weighted by Gasteiger charge is 2.22. The van der Waals surface area contributed by atoms with Gasteiger partial charge in [-0.3, -0.25) is 9.78 Å². The summed E-state index contributed by atoms with van der Waals surface area (Å²) in [5.41, 5.74) is 1.75. The number of hydrogen-bond donors (Lipinski definition) is 1. The van der Waals surface area contributed by atoms with Crippen molar-refractivity contribution in [3.63, 3.8) is 0 Å². The summed E-state index contributed by atoms with van der Waals surface area (Å²) < 4.78 is 4.94. The van der Waals surface area contributed by atoms with Crippen molar-refractivity contribution >= 4 is 45.3 Å². The largest absolute Gasteiger partial charge is 0.463 e. The van der Waals surface area contributed by atoms with E-state index in [1.807, 2.05) is 57.2 Å². The number of rotatable bonds is 4. The molecular weight excluding hydrogens is 352 g/mol. The normalized spacial score (nSPS) is 11.9. The van der Waals surface area contributed by atoms with E-state index in [4.69, 9.17) is 4.74 Å². The summed E-state index contributed by atoms with van der Waals surface area (Å²) in [5.74, 6) is -0.490. The van der Waals surface area contributed by atoms with Crippen LogP contribution in [0, 0.1) is 5.41 Å². The average molecular weight is 376 g/mol. The van der Waals surface area contributed by atoms with Crippen LogP contribution in [0.4, 0.5) is 5.69 Å². The molecule has 28 heavy (non-hydrogen) atoms. The molecule has 0 unspecified atom stereocenters. The molecule has 144 valence electrons. The summed E-state index contributed by atoms with van der Waals surface area (Å²) in [6.07, 6.45) is 4.82. The van der Waals surface area contributed by atoms with Gasteiger partial charge in [0.2, 0.25) is 5.91 Å². The number of anilines is 1. The number of nitrogens with one attached hydrogen (secondary N) is 1. The highest BCUT2D eigenvalue weighted by molar-refractivity contribution is 6.15. The van der Waals surface area contributed by atoms with Crippen molar-refractivity contribution in [2.75, 3.05) is 11.9 Å². The van der Waals surface area contributed by atoms with Crippen molar-refractivity contribution in [3.8, 4) is 0 Å². The number of benzene rings is 2. The van der Waals surface area contributed by atoms with Crippen molar-refractivity contribution in [2.24, 2.45) is 5.41 Å². The van der Waals surface area contributed by atoms with Gasteiger partial charge in [-0.15, -0.1) is 0 Å². The molecule has 0 atom stereocenters. The molecule has 0 saturated carbocycles. The van der Waals surface area contributed by atoms with Crippen LogP contribution in [-0.2, 0) is 14.3 Å². The number of carbonyl (C=O) groups excluding carboxylic acids is 2. The Kier molecular flexibility index (Phi) is 5.45. The van der Waals surface area contributed by atoms with Crippen molar-refractivity contribution in [2.45, 2.75) is 27.7 Å². The van der Waals surface area contributed by atoms with E-state index in [1.54, 1.807) is 19.2 Å². The van der Waals surface area contributed by atoms with Gasteiger partial charge >= 0.3 is 5.97 Å². The third-order valence-electron chi connectivity index (χ3n) is 4.34. The van der Waals surface area contributed by atoms with E-state index in [1.165, 1.54) is 6.08 Å². The number of amides is 1. The minimum absolute atomic E-state index is 0.0896. The molecule has 1 aromatic heterocycles. The first-order chi connectivity index (χ1) is 13.3. The van der Waals surface area contributed by atoms with Gasteiger partial charge in [0.1, 0.15) is 0 Å². The number of esters is 1. The van der Waals surface area contributed by atoms with Gasteiger partial charge < -0.3 is 10.1 Å². The zero-order valence-corrected chi connectivity index (χ0v) is 16.6. The molecule has 1 amide bonds. The number of ether oxygens (including phenoxy) is 1. The van der Waals surface area contributed by atoms with Gasteiger partial charge in [-0.05, 0) is 42.1 Å². The molecule has 0 saturated heterocycles. The van der Waals surface area contributed by atoms with Crippen LogP contribution in [0.25, 0.3) is 27.8 Å². The molecule has 3 aromatic rings. The van der Waals surface area contributed by atoms with Crippen LogP contribution in [0.5, 0.6) is 0 Å². The maximum atomic E-state index is 12.7. The first kappa shape index (κ1) is 19.5. The lowest BCUT2D eigenvalue weighted by molar-refractivity contribution is -0.137. The van der Waals surface area contributed by atoms with E-state index in [0.717, 1.165) is 27.2 Å². The molecule has 0 aliphatic heterocycles. The van der Waals surface area contributed by atoms with Crippen molar-refractivity contribution in [3.05, 3.63) is 54.2 Å². The minimum atomic E-state index is -0.541.